The predicted molar refractivity (Wildman–Crippen MR) is 71.8 cm³/mol. The van der Waals surface area contributed by atoms with E-state index in [-0.39, 0.29) is 17.8 Å². The van der Waals surface area contributed by atoms with Gasteiger partial charge in [-0.15, -0.1) is 0 Å². The minimum Gasteiger partial charge on any atom is -0.353 e. The molecule has 0 saturated carbocycles. The molecule has 1 saturated heterocycles. The number of amides is 1. The van der Waals surface area contributed by atoms with E-state index < -0.39 is 0 Å². The van der Waals surface area contributed by atoms with E-state index in [1.165, 1.54) is 6.07 Å². The summed E-state index contributed by atoms with van der Waals surface area (Å²) in [7, 11) is 0. The average molecular weight is 315 g/mol. The average Bonchev–Trinajstić information content (AvgIpc) is 2.35. The number of carbonyl (C=O) groups is 1. The smallest absolute Gasteiger partial charge is 0.224 e. The molecule has 1 aliphatic rings. The maximum absolute atomic E-state index is 13.1. The van der Waals surface area contributed by atoms with Crippen molar-refractivity contribution >= 4 is 21.8 Å². The fourth-order valence-electron chi connectivity index (χ4n) is 2.08. The Morgan fingerprint density at radius 2 is 2.17 bits per heavy atom. The van der Waals surface area contributed by atoms with Gasteiger partial charge in [0.25, 0.3) is 0 Å². The van der Waals surface area contributed by atoms with Crippen LogP contribution in [-0.2, 0) is 11.2 Å². The van der Waals surface area contributed by atoms with Gasteiger partial charge >= 0.3 is 0 Å². The summed E-state index contributed by atoms with van der Waals surface area (Å²) in [6.45, 7) is 1.90. The number of carbonyl (C=O) groups excluding carboxylic acids is 1. The first kappa shape index (κ1) is 13.5. The van der Waals surface area contributed by atoms with Crippen molar-refractivity contribution in [3.8, 4) is 0 Å². The minimum absolute atomic E-state index is 0.000378. The first-order valence-corrected chi connectivity index (χ1v) is 6.88. The largest absolute Gasteiger partial charge is 0.353 e. The second-order valence-corrected chi connectivity index (χ2v) is 5.37. The van der Waals surface area contributed by atoms with Crippen LogP contribution in [0.25, 0.3) is 0 Å². The Balaban J connectivity index is 1.88. The van der Waals surface area contributed by atoms with Gasteiger partial charge in [0.1, 0.15) is 5.82 Å². The molecule has 0 radical (unpaired) electrons. The molecule has 0 aliphatic carbocycles. The van der Waals surface area contributed by atoms with Gasteiger partial charge in [-0.25, -0.2) is 4.39 Å². The SMILES string of the molecule is O=C(Cc1ccc(F)c(Br)c1)NC1CCNCC1. The molecular weight excluding hydrogens is 299 g/mol. The molecule has 3 nitrogen and oxygen atoms in total. The quantitative estimate of drug-likeness (QED) is 0.896. The Bertz CT molecular complexity index is 433. The third kappa shape index (κ3) is 3.78. The molecule has 2 rings (SSSR count). The summed E-state index contributed by atoms with van der Waals surface area (Å²) in [6.07, 6.45) is 2.24. The highest BCUT2D eigenvalue weighted by Crippen LogP contribution is 2.17. The van der Waals surface area contributed by atoms with Crippen LogP contribution < -0.4 is 10.6 Å². The minimum atomic E-state index is -0.308. The van der Waals surface area contributed by atoms with Gasteiger partial charge in [-0.05, 0) is 59.6 Å². The summed E-state index contributed by atoms with van der Waals surface area (Å²) in [4.78, 5) is 11.8. The Labute approximate surface area is 114 Å². The summed E-state index contributed by atoms with van der Waals surface area (Å²) < 4.78 is 13.5. The molecule has 1 heterocycles. The predicted octanol–water partition coefficient (Wildman–Crippen LogP) is 2.00. The Morgan fingerprint density at radius 3 is 2.83 bits per heavy atom. The number of rotatable bonds is 3. The van der Waals surface area contributed by atoms with E-state index in [9.17, 15) is 9.18 Å². The van der Waals surface area contributed by atoms with E-state index in [0.29, 0.717) is 10.9 Å². The van der Waals surface area contributed by atoms with Crippen LogP contribution in [0.15, 0.2) is 22.7 Å². The molecule has 5 heteroatoms. The lowest BCUT2D eigenvalue weighted by atomic mass is 10.1. The van der Waals surface area contributed by atoms with E-state index in [0.717, 1.165) is 31.5 Å². The molecule has 0 atom stereocenters. The van der Waals surface area contributed by atoms with Crippen molar-refractivity contribution in [1.29, 1.82) is 0 Å². The number of halogens is 2. The molecular formula is C13H16BrFN2O. The van der Waals surface area contributed by atoms with Crippen molar-refractivity contribution in [2.45, 2.75) is 25.3 Å². The van der Waals surface area contributed by atoms with Crippen molar-refractivity contribution in [2.75, 3.05) is 13.1 Å². The molecule has 0 aromatic heterocycles. The van der Waals surface area contributed by atoms with Crippen molar-refractivity contribution < 1.29 is 9.18 Å². The van der Waals surface area contributed by atoms with E-state index in [1.807, 2.05) is 0 Å². The fraction of sp³-hybridized carbons (Fsp3) is 0.462. The van der Waals surface area contributed by atoms with Gasteiger partial charge < -0.3 is 10.6 Å². The van der Waals surface area contributed by atoms with Crippen LogP contribution in [0.5, 0.6) is 0 Å². The van der Waals surface area contributed by atoms with Crippen LogP contribution in [0.1, 0.15) is 18.4 Å². The van der Waals surface area contributed by atoms with Crippen molar-refractivity contribution in [3.63, 3.8) is 0 Å². The summed E-state index contributed by atoms with van der Waals surface area (Å²) >= 11 is 3.12. The zero-order valence-corrected chi connectivity index (χ0v) is 11.6. The molecule has 2 N–H and O–H groups in total. The second-order valence-electron chi connectivity index (χ2n) is 4.52. The lowest BCUT2D eigenvalue weighted by Gasteiger charge is -2.23. The van der Waals surface area contributed by atoms with E-state index in [2.05, 4.69) is 26.6 Å². The van der Waals surface area contributed by atoms with Gasteiger partial charge in [0, 0.05) is 6.04 Å². The Kier molecular flexibility index (Phi) is 4.72. The van der Waals surface area contributed by atoms with E-state index in [4.69, 9.17) is 0 Å². The molecule has 1 aromatic carbocycles. The normalized spacial score (nSPS) is 16.6. The van der Waals surface area contributed by atoms with Gasteiger partial charge in [-0.3, -0.25) is 4.79 Å². The van der Waals surface area contributed by atoms with Gasteiger partial charge in [0.15, 0.2) is 0 Å². The maximum Gasteiger partial charge on any atom is 0.224 e. The van der Waals surface area contributed by atoms with Gasteiger partial charge in [0.05, 0.1) is 10.9 Å². The number of piperidine rings is 1. The zero-order chi connectivity index (χ0) is 13.0. The maximum atomic E-state index is 13.1. The van der Waals surface area contributed by atoms with Gasteiger partial charge in [-0.2, -0.15) is 0 Å². The lowest BCUT2D eigenvalue weighted by molar-refractivity contribution is -0.121. The monoisotopic (exact) mass is 314 g/mol. The highest BCUT2D eigenvalue weighted by molar-refractivity contribution is 9.10. The molecule has 1 aliphatic heterocycles. The number of benzene rings is 1. The van der Waals surface area contributed by atoms with Gasteiger partial charge in [-0.1, -0.05) is 6.07 Å². The van der Waals surface area contributed by atoms with Crippen LogP contribution in [0.3, 0.4) is 0 Å². The molecule has 0 unspecified atom stereocenters. The third-order valence-corrected chi connectivity index (χ3v) is 3.66. The van der Waals surface area contributed by atoms with Crippen molar-refractivity contribution in [1.82, 2.24) is 10.6 Å². The summed E-state index contributed by atoms with van der Waals surface area (Å²) in [6, 6.07) is 4.93. The Morgan fingerprint density at radius 1 is 1.44 bits per heavy atom. The van der Waals surface area contributed by atoms with Crippen LogP contribution in [-0.4, -0.2) is 25.0 Å². The highest BCUT2D eigenvalue weighted by atomic mass is 79.9. The van der Waals surface area contributed by atoms with Gasteiger partial charge in [0.2, 0.25) is 5.91 Å². The molecule has 98 valence electrons. The Hall–Kier alpha value is -0.940. The van der Waals surface area contributed by atoms with Crippen LogP contribution in [0.4, 0.5) is 4.39 Å². The molecule has 18 heavy (non-hydrogen) atoms. The van der Waals surface area contributed by atoms with Crippen LogP contribution in [0.2, 0.25) is 0 Å². The highest BCUT2D eigenvalue weighted by Gasteiger charge is 2.15. The molecule has 0 bridgehead atoms. The lowest BCUT2D eigenvalue weighted by Crippen LogP contribution is -2.43. The molecule has 1 amide bonds. The third-order valence-electron chi connectivity index (χ3n) is 3.05. The summed E-state index contributed by atoms with van der Waals surface area (Å²) in [5.74, 6) is -0.307. The molecule has 1 aromatic rings. The van der Waals surface area contributed by atoms with Crippen molar-refractivity contribution in [2.24, 2.45) is 0 Å². The second kappa shape index (κ2) is 6.29. The first-order valence-electron chi connectivity index (χ1n) is 6.09. The fourth-order valence-corrected chi connectivity index (χ4v) is 2.51. The topological polar surface area (TPSA) is 41.1 Å². The summed E-state index contributed by atoms with van der Waals surface area (Å²) in [5, 5.41) is 6.27. The number of hydrogen-bond donors (Lipinski definition) is 2. The van der Waals surface area contributed by atoms with Crippen LogP contribution >= 0.6 is 15.9 Å². The summed E-state index contributed by atoms with van der Waals surface area (Å²) in [5.41, 5.74) is 0.815. The molecule has 0 spiro atoms. The molecule has 1 fully saturated rings. The van der Waals surface area contributed by atoms with E-state index in [1.54, 1.807) is 12.1 Å². The standard InChI is InChI=1S/C13H16BrFN2O/c14-11-7-9(1-2-12(11)15)8-13(18)17-10-3-5-16-6-4-10/h1-2,7,10,16H,3-6,8H2,(H,17,18). The zero-order valence-electron chi connectivity index (χ0n) is 10.0. The van der Waals surface area contributed by atoms with E-state index >= 15 is 0 Å². The number of hydrogen-bond acceptors (Lipinski definition) is 2. The first-order chi connectivity index (χ1) is 8.65. The number of nitrogens with one attached hydrogen (secondary N) is 2. The van der Waals surface area contributed by atoms with Crippen molar-refractivity contribution in [3.05, 3.63) is 34.1 Å². The van der Waals surface area contributed by atoms with Crippen LogP contribution in [0, 0.1) is 5.82 Å².